The maximum atomic E-state index is 13.5. The van der Waals surface area contributed by atoms with Crippen LogP contribution in [0.2, 0.25) is 0 Å². The van der Waals surface area contributed by atoms with Gasteiger partial charge in [0.05, 0.1) is 12.0 Å². The maximum Gasteiger partial charge on any atom is 0.203 e. The van der Waals surface area contributed by atoms with Crippen molar-refractivity contribution in [1.29, 1.82) is 0 Å². The van der Waals surface area contributed by atoms with Crippen molar-refractivity contribution < 1.29 is 22.4 Å². The molecule has 0 aliphatic rings. The number of carbonyl (C=O) groups is 1. The lowest BCUT2D eigenvalue weighted by Gasteiger charge is -2.02. The molecule has 3 nitrogen and oxygen atoms in total. The first-order valence-electron chi connectivity index (χ1n) is 6.07. The average molecular weight is 291 g/mol. The maximum absolute atomic E-state index is 13.5. The molecule has 0 bridgehead atoms. The lowest BCUT2D eigenvalue weighted by molar-refractivity contribution is 0.0978. The minimum Gasteiger partial charge on any atom is -0.440 e. The lowest BCUT2D eigenvalue weighted by Crippen LogP contribution is -2.10. The summed E-state index contributed by atoms with van der Waals surface area (Å²) in [6.07, 6.45) is -0.409. The number of nitrogens with zero attached hydrogens (tertiary/aromatic N) is 1. The van der Waals surface area contributed by atoms with E-state index in [1.54, 1.807) is 24.3 Å². The van der Waals surface area contributed by atoms with E-state index < -0.39 is 35.2 Å². The van der Waals surface area contributed by atoms with Crippen LogP contribution in [0.25, 0.3) is 11.1 Å². The highest BCUT2D eigenvalue weighted by Gasteiger charge is 2.21. The highest BCUT2D eigenvalue weighted by molar-refractivity contribution is 5.97. The Morgan fingerprint density at radius 1 is 1.10 bits per heavy atom. The summed E-state index contributed by atoms with van der Waals surface area (Å²) in [5.74, 6) is -4.38. The number of hydrogen-bond acceptors (Lipinski definition) is 3. The summed E-state index contributed by atoms with van der Waals surface area (Å²) in [7, 11) is 0. The molecule has 0 saturated carbocycles. The van der Waals surface area contributed by atoms with Crippen molar-refractivity contribution in [3.8, 4) is 0 Å². The summed E-state index contributed by atoms with van der Waals surface area (Å²) in [6, 6.07) is 7.75. The predicted octanol–water partition coefficient (Wildman–Crippen LogP) is 3.67. The van der Waals surface area contributed by atoms with Crippen molar-refractivity contribution in [2.45, 2.75) is 6.42 Å². The second-order valence-corrected chi connectivity index (χ2v) is 4.42. The molecule has 0 radical (unpaired) electrons. The number of fused-ring (bicyclic) bond motifs is 1. The van der Waals surface area contributed by atoms with E-state index in [2.05, 4.69) is 4.98 Å². The standard InChI is InChI=1S/C15H8F3NO2/c16-8-5-9(17)15(10(18)6-8)12(20)7-14-19-11-3-1-2-4-13(11)21-14/h1-6H,7H2. The Kier molecular flexibility index (Phi) is 3.21. The molecule has 0 saturated heterocycles. The zero-order valence-electron chi connectivity index (χ0n) is 10.6. The van der Waals surface area contributed by atoms with Crippen LogP contribution in [0.4, 0.5) is 13.2 Å². The highest BCUT2D eigenvalue weighted by atomic mass is 19.1. The van der Waals surface area contributed by atoms with Crippen molar-refractivity contribution in [1.82, 2.24) is 4.98 Å². The molecular formula is C15H8F3NO2. The molecule has 0 aliphatic heterocycles. The second-order valence-electron chi connectivity index (χ2n) is 4.42. The van der Waals surface area contributed by atoms with Crippen molar-refractivity contribution in [3.05, 3.63) is 65.3 Å². The number of aromatic nitrogens is 1. The lowest BCUT2D eigenvalue weighted by atomic mass is 10.1. The number of rotatable bonds is 3. The van der Waals surface area contributed by atoms with Crippen molar-refractivity contribution in [3.63, 3.8) is 0 Å². The van der Waals surface area contributed by atoms with Crippen LogP contribution in [-0.2, 0) is 6.42 Å². The topological polar surface area (TPSA) is 43.1 Å². The van der Waals surface area contributed by atoms with Crippen LogP contribution >= 0.6 is 0 Å². The van der Waals surface area contributed by atoms with E-state index in [9.17, 15) is 18.0 Å². The summed E-state index contributed by atoms with van der Waals surface area (Å²) >= 11 is 0. The van der Waals surface area contributed by atoms with Gasteiger partial charge in [0.1, 0.15) is 23.0 Å². The number of hydrogen-bond donors (Lipinski definition) is 0. The van der Waals surface area contributed by atoms with Gasteiger partial charge in [-0.25, -0.2) is 18.2 Å². The number of para-hydroxylation sites is 2. The monoisotopic (exact) mass is 291 g/mol. The zero-order valence-corrected chi connectivity index (χ0v) is 10.6. The third-order valence-corrected chi connectivity index (χ3v) is 2.94. The molecule has 0 unspecified atom stereocenters. The van der Waals surface area contributed by atoms with Crippen molar-refractivity contribution in [2.75, 3.05) is 0 Å². The van der Waals surface area contributed by atoms with E-state index in [-0.39, 0.29) is 5.89 Å². The first-order valence-corrected chi connectivity index (χ1v) is 6.07. The largest absolute Gasteiger partial charge is 0.440 e. The predicted molar refractivity (Wildman–Crippen MR) is 68.4 cm³/mol. The van der Waals surface area contributed by atoms with Crippen LogP contribution in [0.5, 0.6) is 0 Å². The Hall–Kier alpha value is -2.63. The van der Waals surface area contributed by atoms with Crippen LogP contribution in [0.15, 0.2) is 40.8 Å². The van der Waals surface area contributed by atoms with Crippen LogP contribution in [0, 0.1) is 17.5 Å². The smallest absolute Gasteiger partial charge is 0.203 e. The van der Waals surface area contributed by atoms with Crippen LogP contribution in [0.3, 0.4) is 0 Å². The van der Waals surface area contributed by atoms with Gasteiger partial charge in [-0.2, -0.15) is 0 Å². The van der Waals surface area contributed by atoms with Crippen LogP contribution < -0.4 is 0 Å². The van der Waals surface area contributed by atoms with E-state index in [1.807, 2.05) is 0 Å². The minimum absolute atomic E-state index is 0.0457. The minimum atomic E-state index is -1.24. The summed E-state index contributed by atoms with van der Waals surface area (Å²) in [6.45, 7) is 0. The summed E-state index contributed by atoms with van der Waals surface area (Å²) in [5.41, 5.74) is 0.222. The fraction of sp³-hybridized carbons (Fsp3) is 0.0667. The molecule has 0 amide bonds. The molecule has 21 heavy (non-hydrogen) atoms. The Bertz CT molecular complexity index is 786. The van der Waals surface area contributed by atoms with Gasteiger partial charge in [0.25, 0.3) is 0 Å². The van der Waals surface area contributed by atoms with Gasteiger partial charge in [-0.15, -0.1) is 0 Å². The van der Waals surface area contributed by atoms with Gasteiger partial charge in [-0.05, 0) is 12.1 Å². The summed E-state index contributed by atoms with van der Waals surface area (Å²) in [4.78, 5) is 16.0. The second kappa shape index (κ2) is 5.05. The molecule has 3 aromatic rings. The van der Waals surface area contributed by atoms with Gasteiger partial charge < -0.3 is 4.42 Å². The average Bonchev–Trinajstić information content (AvgIpc) is 2.79. The molecule has 3 rings (SSSR count). The third kappa shape index (κ3) is 2.52. The fourth-order valence-electron chi connectivity index (χ4n) is 2.03. The molecule has 1 aromatic heterocycles. The van der Waals surface area contributed by atoms with Gasteiger partial charge >= 0.3 is 0 Å². The molecular weight excluding hydrogens is 283 g/mol. The molecule has 2 aromatic carbocycles. The normalized spacial score (nSPS) is 11.0. The van der Waals surface area contributed by atoms with E-state index in [0.717, 1.165) is 0 Å². The van der Waals surface area contributed by atoms with Gasteiger partial charge in [0, 0.05) is 12.1 Å². The van der Waals surface area contributed by atoms with Gasteiger partial charge in [0.15, 0.2) is 11.4 Å². The number of benzene rings is 2. The number of Topliss-reactive ketones (excluding diaryl/α,β-unsaturated/α-hetero) is 1. The van der Waals surface area contributed by atoms with Gasteiger partial charge in [0.2, 0.25) is 5.89 Å². The Morgan fingerprint density at radius 3 is 2.43 bits per heavy atom. The third-order valence-electron chi connectivity index (χ3n) is 2.94. The van der Waals surface area contributed by atoms with Crippen molar-refractivity contribution in [2.24, 2.45) is 0 Å². The van der Waals surface area contributed by atoms with E-state index in [0.29, 0.717) is 23.2 Å². The summed E-state index contributed by atoms with van der Waals surface area (Å²) in [5, 5.41) is 0. The number of halogens is 3. The Labute approximate surface area is 117 Å². The van der Waals surface area contributed by atoms with Gasteiger partial charge in [-0.3, -0.25) is 4.79 Å². The molecule has 1 heterocycles. The zero-order chi connectivity index (χ0) is 15.0. The number of ketones is 1. The van der Waals surface area contributed by atoms with E-state index >= 15 is 0 Å². The summed E-state index contributed by atoms with van der Waals surface area (Å²) < 4.78 is 45.2. The number of carbonyl (C=O) groups excluding carboxylic acids is 1. The SMILES string of the molecule is O=C(Cc1nc2ccccc2o1)c1c(F)cc(F)cc1F. The fourth-order valence-corrected chi connectivity index (χ4v) is 2.03. The number of oxazole rings is 1. The Morgan fingerprint density at radius 2 is 1.76 bits per heavy atom. The first kappa shape index (κ1) is 13.4. The molecule has 0 fully saturated rings. The molecule has 0 atom stereocenters. The van der Waals surface area contributed by atoms with E-state index in [4.69, 9.17) is 4.42 Å². The van der Waals surface area contributed by atoms with Crippen molar-refractivity contribution >= 4 is 16.9 Å². The Balaban J connectivity index is 1.93. The van der Waals surface area contributed by atoms with Gasteiger partial charge in [-0.1, -0.05) is 12.1 Å². The van der Waals surface area contributed by atoms with E-state index in [1.165, 1.54) is 0 Å². The molecule has 0 aliphatic carbocycles. The molecule has 0 spiro atoms. The van der Waals surface area contributed by atoms with Crippen LogP contribution in [0.1, 0.15) is 16.2 Å². The highest BCUT2D eigenvalue weighted by Crippen LogP contribution is 2.19. The first-order chi connectivity index (χ1) is 10.0. The molecule has 106 valence electrons. The van der Waals surface area contributed by atoms with Crippen LogP contribution in [-0.4, -0.2) is 10.8 Å². The molecule has 6 heteroatoms. The quantitative estimate of drug-likeness (QED) is 0.691. The molecule has 0 N–H and O–H groups in total.